The highest BCUT2D eigenvalue weighted by Crippen LogP contribution is 2.39. The molecule has 1 atom stereocenters. The molecule has 3 aromatic rings. The van der Waals surface area contributed by atoms with Crippen LogP contribution in [0.5, 0.6) is 5.75 Å². The molecule has 9 nitrogen and oxygen atoms in total. The predicted molar refractivity (Wildman–Crippen MR) is 156 cm³/mol. The molecule has 0 unspecified atom stereocenters. The molecule has 3 heterocycles. The third-order valence-corrected chi connectivity index (χ3v) is 6.39. The number of benzene rings is 1. The number of pyridine rings is 1. The summed E-state index contributed by atoms with van der Waals surface area (Å²) in [5.41, 5.74) is 10.2. The number of nitrogens with two attached hydrogens (primary N) is 1. The summed E-state index contributed by atoms with van der Waals surface area (Å²) in [6, 6.07) is 5.86. The maximum absolute atomic E-state index is 14.5. The van der Waals surface area contributed by atoms with Gasteiger partial charge in [0, 0.05) is 60.4 Å². The SMILES string of the molecule is [B]C([B])([B])Cn1nc(Cl)c2c1-c1cnc(NC(=O)OCC)c(c1)O[C@H](C)c1cc(F)ccc1/C(N)=C(/C=NC)C2. The van der Waals surface area contributed by atoms with Gasteiger partial charge in [0.25, 0.3) is 0 Å². The van der Waals surface area contributed by atoms with E-state index in [0.29, 0.717) is 39.2 Å². The molecule has 3 N–H and O–H groups in total. The molecular formula is C26H25B3ClFN6O3. The Labute approximate surface area is 240 Å². The van der Waals surface area contributed by atoms with Gasteiger partial charge < -0.3 is 15.2 Å². The fourth-order valence-corrected chi connectivity index (χ4v) is 4.69. The zero-order valence-corrected chi connectivity index (χ0v) is 23.0. The number of anilines is 1. The molecule has 0 saturated heterocycles. The molecule has 1 amide bonds. The largest absolute Gasteiger partial charge is 0.482 e. The summed E-state index contributed by atoms with van der Waals surface area (Å²) < 4.78 is 27.2. The second-order valence-electron chi connectivity index (χ2n) is 9.30. The molecule has 0 aliphatic carbocycles. The maximum atomic E-state index is 14.5. The average molecular weight is 556 g/mol. The highest BCUT2D eigenvalue weighted by atomic mass is 35.5. The number of halogens is 2. The first kappa shape index (κ1) is 29.3. The molecule has 1 aliphatic heterocycles. The van der Waals surface area contributed by atoms with Gasteiger partial charge in [0.1, 0.15) is 11.9 Å². The minimum absolute atomic E-state index is 0.0796. The molecule has 14 heteroatoms. The Morgan fingerprint density at radius 1 is 1.40 bits per heavy atom. The molecule has 200 valence electrons. The lowest BCUT2D eigenvalue weighted by Gasteiger charge is -2.24. The van der Waals surface area contributed by atoms with Gasteiger partial charge in [0.15, 0.2) is 16.7 Å². The number of ether oxygens (including phenoxy) is 2. The molecule has 0 fully saturated rings. The van der Waals surface area contributed by atoms with Crippen LogP contribution in [0.3, 0.4) is 0 Å². The van der Waals surface area contributed by atoms with Crippen LogP contribution in [0.4, 0.5) is 15.0 Å². The summed E-state index contributed by atoms with van der Waals surface area (Å²) in [4.78, 5) is 20.8. The van der Waals surface area contributed by atoms with Crippen molar-refractivity contribution in [3.8, 4) is 17.0 Å². The number of fused-ring (bicyclic) bond motifs is 5. The number of nitrogens with zero attached hydrogens (tertiary/aromatic N) is 4. The first-order chi connectivity index (χ1) is 18.9. The number of amides is 1. The second-order valence-corrected chi connectivity index (χ2v) is 9.66. The van der Waals surface area contributed by atoms with Crippen molar-refractivity contribution in [2.24, 2.45) is 10.7 Å². The van der Waals surface area contributed by atoms with Gasteiger partial charge in [0.05, 0.1) is 35.8 Å². The van der Waals surface area contributed by atoms with Crippen molar-refractivity contribution >= 4 is 59.0 Å². The molecule has 6 radical (unpaired) electrons. The Kier molecular flexibility index (Phi) is 8.63. The van der Waals surface area contributed by atoms with Gasteiger partial charge in [-0.05, 0) is 43.7 Å². The summed E-state index contributed by atoms with van der Waals surface area (Å²) in [5.74, 6) is -0.228. The molecular weight excluding hydrogens is 531 g/mol. The van der Waals surface area contributed by atoms with Crippen molar-refractivity contribution in [1.82, 2.24) is 14.8 Å². The Morgan fingerprint density at radius 3 is 2.83 bits per heavy atom. The third-order valence-electron chi connectivity index (χ3n) is 6.09. The van der Waals surface area contributed by atoms with E-state index in [0.717, 1.165) is 0 Å². The fraction of sp³-hybridized carbons (Fsp3) is 0.308. The Morgan fingerprint density at radius 2 is 2.15 bits per heavy atom. The van der Waals surface area contributed by atoms with Crippen LogP contribution in [-0.2, 0) is 17.7 Å². The molecule has 4 rings (SSSR count). The highest BCUT2D eigenvalue weighted by molar-refractivity contribution is 6.58. The van der Waals surface area contributed by atoms with Crippen LogP contribution < -0.4 is 15.8 Å². The van der Waals surface area contributed by atoms with Crippen LogP contribution >= 0.6 is 11.6 Å². The number of aromatic nitrogens is 3. The third kappa shape index (κ3) is 6.36. The molecule has 1 aliphatic rings. The Hall–Kier alpha value is -3.73. The van der Waals surface area contributed by atoms with Crippen molar-refractivity contribution < 1.29 is 18.7 Å². The summed E-state index contributed by atoms with van der Waals surface area (Å²) in [6.07, 6.45) is 1.83. The Bertz CT molecular complexity index is 1510. The minimum atomic E-state index is -1.62. The number of carbonyl (C=O) groups excluding carboxylic acids is 1. The van der Waals surface area contributed by atoms with E-state index in [2.05, 4.69) is 20.4 Å². The van der Waals surface area contributed by atoms with E-state index < -0.39 is 23.1 Å². The van der Waals surface area contributed by atoms with Gasteiger partial charge >= 0.3 is 6.09 Å². The van der Waals surface area contributed by atoms with Crippen LogP contribution in [0.15, 0.2) is 41.0 Å². The van der Waals surface area contributed by atoms with Crippen LogP contribution in [0.25, 0.3) is 17.0 Å². The van der Waals surface area contributed by atoms with E-state index in [9.17, 15) is 9.18 Å². The van der Waals surface area contributed by atoms with Crippen molar-refractivity contribution in [2.75, 3.05) is 19.0 Å². The summed E-state index contributed by atoms with van der Waals surface area (Å²) in [5, 5.41) is 5.54. The second kappa shape index (κ2) is 11.8. The number of allylic oxidation sites excluding steroid dienone is 1. The van der Waals surface area contributed by atoms with Crippen LogP contribution in [-0.4, -0.2) is 64.3 Å². The lowest BCUT2D eigenvalue weighted by atomic mass is 9.43. The lowest BCUT2D eigenvalue weighted by molar-refractivity contribution is 0.167. The van der Waals surface area contributed by atoms with E-state index in [-0.39, 0.29) is 36.3 Å². The predicted octanol–water partition coefficient (Wildman–Crippen LogP) is 3.95. The standard InChI is InChI=1S/C26H25B3ClFN6O3/c1-4-39-25(38)35-24-20-8-15(11-34-24)22-19(23(30)36-37(22)12-26(27,28)29)7-14(10-33-3)21(32)17-6-5-16(31)9-18(17)13(2)40-20/h5-6,8-11,13H,4,7,12,32H2,1-3H3,(H,34,35,38)/b21-14-,33-10?/t13-/m1/s1. The average Bonchev–Trinajstić information content (AvgIpc) is 3.16. The van der Waals surface area contributed by atoms with Crippen molar-refractivity contribution in [1.29, 1.82) is 0 Å². The van der Waals surface area contributed by atoms with Crippen molar-refractivity contribution in [3.05, 3.63) is 63.7 Å². The van der Waals surface area contributed by atoms with Crippen LogP contribution in [0.2, 0.25) is 10.3 Å². The number of nitrogens with one attached hydrogen (secondary N) is 1. The van der Waals surface area contributed by atoms with E-state index in [1.807, 2.05) is 0 Å². The smallest absolute Gasteiger partial charge is 0.412 e. The van der Waals surface area contributed by atoms with Crippen LogP contribution in [0, 0.1) is 5.82 Å². The number of hydrogen-bond donors (Lipinski definition) is 2. The molecule has 2 bridgehead atoms. The van der Waals surface area contributed by atoms with Gasteiger partial charge in [-0.25, -0.2) is 14.2 Å². The van der Waals surface area contributed by atoms with Gasteiger partial charge in [-0.15, -0.1) is 5.11 Å². The first-order valence-electron chi connectivity index (χ1n) is 12.3. The quantitative estimate of drug-likeness (QED) is 0.363. The van der Waals surface area contributed by atoms with Crippen molar-refractivity contribution in [2.45, 2.75) is 38.0 Å². The highest BCUT2D eigenvalue weighted by Gasteiger charge is 2.27. The van der Waals surface area contributed by atoms with Gasteiger partial charge in [-0.3, -0.25) is 15.0 Å². The van der Waals surface area contributed by atoms with E-state index in [4.69, 9.17) is 50.3 Å². The van der Waals surface area contributed by atoms with Gasteiger partial charge in [-0.1, -0.05) is 11.6 Å². The minimum Gasteiger partial charge on any atom is -0.482 e. The van der Waals surface area contributed by atoms with E-state index in [1.54, 1.807) is 39.2 Å². The monoisotopic (exact) mass is 556 g/mol. The first-order valence-corrected chi connectivity index (χ1v) is 12.7. The number of aliphatic imine (C=N–C) groups is 1. The zero-order chi connectivity index (χ0) is 29.2. The van der Waals surface area contributed by atoms with Crippen molar-refractivity contribution in [3.63, 3.8) is 0 Å². The Balaban J connectivity index is 2.03. The number of hydrogen-bond acceptors (Lipinski definition) is 7. The number of carbonyl (C=O) groups is 1. The van der Waals surface area contributed by atoms with E-state index >= 15 is 0 Å². The summed E-state index contributed by atoms with van der Waals surface area (Å²) in [6.45, 7) is 3.45. The van der Waals surface area contributed by atoms with Crippen LogP contribution in [0.1, 0.15) is 36.6 Å². The topological polar surface area (TPSA) is 117 Å². The molecule has 0 saturated carbocycles. The fourth-order valence-electron chi connectivity index (χ4n) is 4.44. The molecule has 2 aromatic heterocycles. The number of rotatable bonds is 5. The maximum Gasteiger partial charge on any atom is 0.412 e. The normalized spacial score (nSPS) is 17.3. The zero-order valence-electron chi connectivity index (χ0n) is 22.2. The van der Waals surface area contributed by atoms with E-state index in [1.165, 1.54) is 23.0 Å². The van der Waals surface area contributed by atoms with Gasteiger partial charge in [0.2, 0.25) is 0 Å². The lowest BCUT2D eigenvalue weighted by Crippen LogP contribution is -2.22. The summed E-state index contributed by atoms with van der Waals surface area (Å²) in [7, 11) is 19.4. The molecule has 1 aromatic carbocycles. The summed E-state index contributed by atoms with van der Waals surface area (Å²) >= 11 is 6.65. The molecule has 40 heavy (non-hydrogen) atoms. The van der Waals surface area contributed by atoms with Gasteiger partial charge in [-0.2, -0.15) is 5.10 Å². The molecule has 0 spiro atoms.